The molecule has 13 heavy (non-hydrogen) atoms. The van der Waals surface area contributed by atoms with Crippen LogP contribution in [0.25, 0.3) is 0 Å². The Morgan fingerprint density at radius 3 is 2.62 bits per heavy atom. The van der Waals surface area contributed by atoms with Crippen molar-refractivity contribution in [2.24, 2.45) is 10.3 Å². The Kier molecular flexibility index (Phi) is 3.82. The van der Waals surface area contributed by atoms with Crippen LogP contribution in [0.5, 0.6) is 0 Å². The van der Waals surface area contributed by atoms with E-state index in [1.54, 1.807) is 0 Å². The van der Waals surface area contributed by atoms with Crippen LogP contribution in [0.4, 0.5) is 0 Å². The van der Waals surface area contributed by atoms with Crippen LogP contribution in [-0.4, -0.2) is 36.9 Å². The number of piperidine rings is 1. The fraction of sp³-hybridized carbons (Fsp3) is 0.875. The molecule has 0 radical (unpaired) electrons. The monoisotopic (exact) mass is 183 g/mol. The summed E-state index contributed by atoms with van der Waals surface area (Å²) in [5, 5.41) is 9.85. The molecule has 1 rings (SSSR count). The predicted octanol–water partition coefficient (Wildman–Crippen LogP) is 1.03. The molecule has 74 valence electrons. The maximum atomic E-state index is 6.57. The first kappa shape index (κ1) is 10.1. The zero-order valence-corrected chi connectivity index (χ0v) is 8.25. The van der Waals surface area contributed by atoms with Crippen molar-refractivity contribution >= 4 is 5.84 Å². The standard InChI is InChI=1S/C8H17N5/c1-7(11-12-9)10-8-3-5-13(2)6-4-8/h8H,3-6H2,1-2H3,(H2,9,10,11). The van der Waals surface area contributed by atoms with Crippen molar-refractivity contribution in [2.45, 2.75) is 25.8 Å². The van der Waals surface area contributed by atoms with E-state index in [1.165, 1.54) is 0 Å². The first-order valence-corrected chi connectivity index (χ1v) is 4.58. The summed E-state index contributed by atoms with van der Waals surface area (Å²) >= 11 is 0. The van der Waals surface area contributed by atoms with Gasteiger partial charge in [-0.2, -0.15) is 5.53 Å². The predicted molar refractivity (Wildman–Crippen MR) is 51.9 cm³/mol. The summed E-state index contributed by atoms with van der Waals surface area (Å²) in [5.74, 6) is 0.740. The Morgan fingerprint density at radius 1 is 1.46 bits per heavy atom. The summed E-state index contributed by atoms with van der Waals surface area (Å²) in [6.07, 6.45) is 2.28. The quantitative estimate of drug-likeness (QED) is 0.291. The van der Waals surface area contributed by atoms with Gasteiger partial charge in [0.05, 0.1) is 0 Å². The van der Waals surface area contributed by atoms with E-state index in [4.69, 9.17) is 5.53 Å². The molecule has 0 amide bonds. The van der Waals surface area contributed by atoms with Gasteiger partial charge in [0.25, 0.3) is 0 Å². The third-order valence-corrected chi connectivity index (χ3v) is 2.33. The van der Waals surface area contributed by atoms with Crippen molar-refractivity contribution in [3.05, 3.63) is 0 Å². The molecular weight excluding hydrogens is 166 g/mol. The average molecular weight is 183 g/mol. The van der Waals surface area contributed by atoms with Crippen LogP contribution in [-0.2, 0) is 0 Å². The molecule has 0 bridgehead atoms. The van der Waals surface area contributed by atoms with Gasteiger partial charge in [-0.05, 0) is 39.9 Å². The van der Waals surface area contributed by atoms with Gasteiger partial charge in [0.2, 0.25) is 0 Å². The van der Waals surface area contributed by atoms with Crippen LogP contribution < -0.4 is 5.32 Å². The average Bonchev–Trinajstić information content (AvgIpc) is 2.09. The summed E-state index contributed by atoms with van der Waals surface area (Å²) in [4.78, 5) is 2.32. The van der Waals surface area contributed by atoms with Crippen molar-refractivity contribution in [1.29, 1.82) is 5.53 Å². The second kappa shape index (κ2) is 4.91. The van der Waals surface area contributed by atoms with E-state index in [9.17, 15) is 0 Å². The molecule has 0 saturated carbocycles. The first-order chi connectivity index (χ1) is 6.22. The lowest BCUT2D eigenvalue weighted by atomic mass is 10.1. The minimum Gasteiger partial charge on any atom is -0.369 e. The van der Waals surface area contributed by atoms with Gasteiger partial charge in [0, 0.05) is 6.04 Å². The van der Waals surface area contributed by atoms with Gasteiger partial charge in [-0.25, -0.2) is 0 Å². The van der Waals surface area contributed by atoms with Crippen molar-refractivity contribution in [3.8, 4) is 0 Å². The number of nitrogens with one attached hydrogen (secondary N) is 2. The Balaban J connectivity index is 2.30. The SMILES string of the molecule is C/C(=N/N=N)NC1CCN(C)CC1. The molecule has 1 fully saturated rings. The third kappa shape index (κ3) is 3.50. The molecule has 0 atom stereocenters. The van der Waals surface area contributed by atoms with E-state index in [1.807, 2.05) is 6.92 Å². The Morgan fingerprint density at radius 2 is 2.08 bits per heavy atom. The van der Waals surface area contributed by atoms with E-state index in [-0.39, 0.29) is 0 Å². The minimum atomic E-state index is 0.502. The molecule has 1 aliphatic heterocycles. The minimum absolute atomic E-state index is 0.502. The van der Waals surface area contributed by atoms with Gasteiger partial charge in [0.15, 0.2) is 0 Å². The van der Waals surface area contributed by atoms with Crippen LogP contribution >= 0.6 is 0 Å². The largest absolute Gasteiger partial charge is 0.369 e. The van der Waals surface area contributed by atoms with Gasteiger partial charge in [0.1, 0.15) is 5.84 Å². The van der Waals surface area contributed by atoms with E-state index in [2.05, 4.69) is 27.6 Å². The van der Waals surface area contributed by atoms with Crippen LogP contribution in [0.15, 0.2) is 10.3 Å². The smallest absolute Gasteiger partial charge is 0.123 e. The maximum Gasteiger partial charge on any atom is 0.123 e. The highest BCUT2D eigenvalue weighted by Gasteiger charge is 2.16. The topological polar surface area (TPSA) is 63.8 Å². The highest BCUT2D eigenvalue weighted by Crippen LogP contribution is 2.07. The van der Waals surface area contributed by atoms with Crippen LogP contribution in [0.2, 0.25) is 0 Å². The van der Waals surface area contributed by atoms with Gasteiger partial charge in [-0.1, -0.05) is 5.22 Å². The Bertz CT molecular complexity index is 193. The van der Waals surface area contributed by atoms with E-state index in [0.29, 0.717) is 6.04 Å². The molecule has 0 aromatic carbocycles. The fourth-order valence-corrected chi connectivity index (χ4v) is 1.55. The maximum absolute atomic E-state index is 6.57. The van der Waals surface area contributed by atoms with Crippen molar-refractivity contribution in [2.75, 3.05) is 20.1 Å². The van der Waals surface area contributed by atoms with Gasteiger partial charge >= 0.3 is 0 Å². The first-order valence-electron chi connectivity index (χ1n) is 4.58. The van der Waals surface area contributed by atoms with Crippen LogP contribution in [0.3, 0.4) is 0 Å². The Labute approximate surface area is 78.7 Å². The highest BCUT2D eigenvalue weighted by atomic mass is 15.3. The molecule has 1 saturated heterocycles. The number of likely N-dealkylation sites (tertiary alicyclic amines) is 1. The van der Waals surface area contributed by atoms with E-state index in [0.717, 1.165) is 31.8 Å². The second-order valence-electron chi connectivity index (χ2n) is 3.51. The molecule has 0 spiro atoms. The van der Waals surface area contributed by atoms with Crippen molar-refractivity contribution in [3.63, 3.8) is 0 Å². The van der Waals surface area contributed by atoms with Crippen LogP contribution in [0, 0.1) is 5.53 Å². The summed E-state index contributed by atoms with van der Waals surface area (Å²) < 4.78 is 0. The highest BCUT2D eigenvalue weighted by molar-refractivity contribution is 5.79. The molecule has 2 N–H and O–H groups in total. The molecular formula is C8H17N5. The molecule has 0 aliphatic carbocycles. The second-order valence-corrected chi connectivity index (χ2v) is 3.51. The summed E-state index contributed by atoms with van der Waals surface area (Å²) in [6, 6.07) is 0.502. The van der Waals surface area contributed by atoms with Crippen molar-refractivity contribution in [1.82, 2.24) is 10.2 Å². The lowest BCUT2D eigenvalue weighted by molar-refractivity contribution is 0.246. The number of nitrogens with zero attached hydrogens (tertiary/aromatic N) is 3. The zero-order chi connectivity index (χ0) is 9.68. The summed E-state index contributed by atoms with van der Waals surface area (Å²) in [6.45, 7) is 4.10. The molecule has 5 nitrogen and oxygen atoms in total. The summed E-state index contributed by atoms with van der Waals surface area (Å²) in [5.41, 5.74) is 6.57. The Hall–Kier alpha value is -0.970. The number of amidine groups is 1. The molecule has 1 aliphatic rings. The lowest BCUT2D eigenvalue weighted by Gasteiger charge is -2.29. The van der Waals surface area contributed by atoms with Crippen LogP contribution in [0.1, 0.15) is 19.8 Å². The van der Waals surface area contributed by atoms with Gasteiger partial charge in [-0.3, -0.25) is 0 Å². The van der Waals surface area contributed by atoms with E-state index < -0.39 is 0 Å². The molecule has 5 heteroatoms. The third-order valence-electron chi connectivity index (χ3n) is 2.33. The number of hydrogen-bond donors (Lipinski definition) is 2. The van der Waals surface area contributed by atoms with Crippen molar-refractivity contribution < 1.29 is 0 Å². The molecule has 0 aromatic rings. The molecule has 1 heterocycles. The summed E-state index contributed by atoms with van der Waals surface area (Å²) in [7, 11) is 2.14. The molecule has 0 aromatic heterocycles. The lowest BCUT2D eigenvalue weighted by Crippen LogP contribution is -2.42. The van der Waals surface area contributed by atoms with E-state index >= 15 is 0 Å². The molecule has 0 unspecified atom stereocenters. The number of rotatable bonds is 2. The van der Waals surface area contributed by atoms with Gasteiger partial charge < -0.3 is 10.2 Å². The number of hydrogen-bond acceptors (Lipinski definition) is 3. The fourth-order valence-electron chi connectivity index (χ4n) is 1.55. The normalized spacial score (nSPS) is 21.5. The van der Waals surface area contributed by atoms with Gasteiger partial charge in [-0.15, -0.1) is 5.10 Å². The zero-order valence-electron chi connectivity index (χ0n) is 8.25.